The molecule has 1 unspecified atom stereocenters. The Morgan fingerprint density at radius 1 is 1.21 bits per heavy atom. The highest BCUT2D eigenvalue weighted by molar-refractivity contribution is 7.17. The van der Waals surface area contributed by atoms with E-state index in [-0.39, 0.29) is 5.91 Å². The van der Waals surface area contributed by atoms with Crippen LogP contribution >= 0.6 is 22.9 Å². The quantitative estimate of drug-likeness (QED) is 0.837. The van der Waals surface area contributed by atoms with Gasteiger partial charge in [-0.15, -0.1) is 10.2 Å². The number of carbonyl (C=O) groups excluding carboxylic acids is 1. The largest absolute Gasteiger partial charge is 0.335 e. The summed E-state index contributed by atoms with van der Waals surface area (Å²) in [6.07, 6.45) is 4.99. The number of piperidine rings is 1. The fraction of sp³-hybridized carbons (Fsp3) is 0.750. The van der Waals surface area contributed by atoms with Gasteiger partial charge in [0, 0.05) is 19.1 Å². The van der Waals surface area contributed by atoms with E-state index in [1.165, 1.54) is 32.4 Å². The minimum absolute atomic E-state index is 0.0242. The second kappa shape index (κ2) is 5.73. The summed E-state index contributed by atoms with van der Waals surface area (Å²) >= 11 is 6.89. The maximum atomic E-state index is 12.2. The molecule has 0 spiro atoms. The summed E-state index contributed by atoms with van der Waals surface area (Å²) in [6.45, 7) is 3.99. The van der Waals surface area contributed by atoms with Crippen molar-refractivity contribution >= 4 is 28.8 Å². The lowest BCUT2D eigenvalue weighted by Crippen LogP contribution is -2.41. The van der Waals surface area contributed by atoms with Gasteiger partial charge < -0.3 is 4.90 Å². The van der Waals surface area contributed by atoms with Crippen LogP contribution in [0.25, 0.3) is 0 Å². The summed E-state index contributed by atoms with van der Waals surface area (Å²) in [5.74, 6) is -0.0242. The molecule has 0 aliphatic carbocycles. The van der Waals surface area contributed by atoms with Gasteiger partial charge in [0.15, 0.2) is 0 Å². The first-order valence-electron chi connectivity index (χ1n) is 6.76. The first-order valence-corrected chi connectivity index (χ1v) is 7.96. The summed E-state index contributed by atoms with van der Waals surface area (Å²) in [7, 11) is 0. The van der Waals surface area contributed by atoms with Crippen molar-refractivity contribution in [2.45, 2.75) is 31.7 Å². The van der Waals surface area contributed by atoms with E-state index in [1.807, 2.05) is 4.90 Å². The average molecular weight is 301 g/mol. The van der Waals surface area contributed by atoms with E-state index in [1.54, 1.807) is 0 Å². The van der Waals surface area contributed by atoms with E-state index < -0.39 is 0 Å². The van der Waals surface area contributed by atoms with Crippen LogP contribution in [0.3, 0.4) is 0 Å². The van der Waals surface area contributed by atoms with Crippen molar-refractivity contribution in [3.63, 3.8) is 0 Å². The number of hydrogen-bond acceptors (Lipinski definition) is 5. The second-order valence-corrected chi connectivity index (χ2v) is 6.71. The number of halogens is 1. The standard InChI is InChI=1S/C12H17ClN4OS/c13-12-15-14-10(19-12)11(18)17-7-4-9(8-17)16-5-2-1-3-6-16/h9H,1-8H2. The fourth-order valence-corrected chi connectivity index (χ4v) is 3.73. The zero-order valence-corrected chi connectivity index (χ0v) is 12.3. The summed E-state index contributed by atoms with van der Waals surface area (Å²) in [5, 5.41) is 7.93. The Hall–Kier alpha value is -0.720. The van der Waals surface area contributed by atoms with Gasteiger partial charge in [-0.05, 0) is 44.0 Å². The lowest BCUT2D eigenvalue weighted by molar-refractivity contribution is 0.0770. The van der Waals surface area contributed by atoms with Gasteiger partial charge >= 0.3 is 0 Å². The molecule has 0 aromatic carbocycles. The molecule has 19 heavy (non-hydrogen) atoms. The van der Waals surface area contributed by atoms with Crippen molar-refractivity contribution in [1.29, 1.82) is 0 Å². The van der Waals surface area contributed by atoms with Crippen LogP contribution in [0.1, 0.15) is 35.5 Å². The van der Waals surface area contributed by atoms with E-state index in [9.17, 15) is 4.79 Å². The predicted molar refractivity (Wildman–Crippen MR) is 74.7 cm³/mol. The first-order chi connectivity index (χ1) is 9.24. The van der Waals surface area contributed by atoms with Crippen LogP contribution in [-0.4, -0.2) is 58.1 Å². The molecule has 0 saturated carbocycles. The molecule has 0 bridgehead atoms. The molecule has 3 rings (SSSR count). The second-order valence-electron chi connectivity index (χ2n) is 5.15. The molecule has 7 heteroatoms. The van der Waals surface area contributed by atoms with E-state index in [2.05, 4.69) is 15.1 Å². The Labute approximate surface area is 121 Å². The third-order valence-corrected chi connectivity index (χ3v) is 4.95. The molecule has 1 amide bonds. The van der Waals surface area contributed by atoms with Crippen LogP contribution in [0.5, 0.6) is 0 Å². The maximum absolute atomic E-state index is 12.2. The van der Waals surface area contributed by atoms with E-state index in [4.69, 9.17) is 11.6 Å². The molecule has 2 fully saturated rings. The Morgan fingerprint density at radius 2 is 2.00 bits per heavy atom. The molecule has 2 saturated heterocycles. The van der Waals surface area contributed by atoms with Gasteiger partial charge in [0.25, 0.3) is 5.91 Å². The Bertz CT molecular complexity index is 460. The molecule has 0 N–H and O–H groups in total. The SMILES string of the molecule is O=C(c1nnc(Cl)s1)N1CCC(N2CCCCC2)C1. The Balaban J connectivity index is 1.60. The van der Waals surface area contributed by atoms with Crippen molar-refractivity contribution in [2.24, 2.45) is 0 Å². The van der Waals surface area contributed by atoms with E-state index in [0.29, 0.717) is 15.5 Å². The normalized spacial score (nSPS) is 24.9. The van der Waals surface area contributed by atoms with Crippen LogP contribution in [0.15, 0.2) is 0 Å². The van der Waals surface area contributed by atoms with Gasteiger partial charge in [0.1, 0.15) is 0 Å². The van der Waals surface area contributed by atoms with Crippen LogP contribution in [0.4, 0.5) is 0 Å². The number of rotatable bonds is 2. The Kier molecular flexibility index (Phi) is 4.00. The minimum atomic E-state index is -0.0242. The average Bonchev–Trinajstić information content (AvgIpc) is 3.08. The summed E-state index contributed by atoms with van der Waals surface area (Å²) in [5.41, 5.74) is 0. The molecule has 2 aliphatic rings. The maximum Gasteiger partial charge on any atom is 0.284 e. The minimum Gasteiger partial charge on any atom is -0.335 e. The molecule has 1 atom stereocenters. The molecule has 1 aromatic heterocycles. The highest BCUT2D eigenvalue weighted by atomic mass is 35.5. The molecule has 3 heterocycles. The number of carbonyl (C=O) groups is 1. The van der Waals surface area contributed by atoms with Crippen LogP contribution in [-0.2, 0) is 0 Å². The van der Waals surface area contributed by atoms with Gasteiger partial charge in [-0.2, -0.15) is 0 Å². The number of nitrogens with zero attached hydrogens (tertiary/aromatic N) is 4. The lowest BCUT2D eigenvalue weighted by Gasteiger charge is -2.32. The topological polar surface area (TPSA) is 49.3 Å². The zero-order valence-electron chi connectivity index (χ0n) is 10.7. The molecule has 5 nitrogen and oxygen atoms in total. The van der Waals surface area contributed by atoms with Gasteiger partial charge in [-0.25, -0.2) is 0 Å². The van der Waals surface area contributed by atoms with Crippen molar-refractivity contribution in [3.8, 4) is 0 Å². The monoisotopic (exact) mass is 300 g/mol. The lowest BCUT2D eigenvalue weighted by atomic mass is 10.1. The number of aromatic nitrogens is 2. The number of amides is 1. The highest BCUT2D eigenvalue weighted by Gasteiger charge is 2.32. The van der Waals surface area contributed by atoms with Crippen molar-refractivity contribution < 1.29 is 4.79 Å². The highest BCUT2D eigenvalue weighted by Crippen LogP contribution is 2.23. The van der Waals surface area contributed by atoms with Crippen LogP contribution in [0, 0.1) is 0 Å². The smallest absolute Gasteiger partial charge is 0.284 e. The van der Waals surface area contributed by atoms with Gasteiger partial charge in [0.05, 0.1) is 0 Å². The van der Waals surface area contributed by atoms with Crippen molar-refractivity contribution in [2.75, 3.05) is 26.2 Å². The predicted octanol–water partition coefficient (Wildman–Crippen LogP) is 1.89. The van der Waals surface area contributed by atoms with E-state index in [0.717, 1.165) is 30.8 Å². The molecule has 104 valence electrons. The molecular formula is C12H17ClN4OS. The zero-order chi connectivity index (χ0) is 13.2. The number of hydrogen-bond donors (Lipinski definition) is 0. The third-order valence-electron chi connectivity index (χ3n) is 3.94. The van der Waals surface area contributed by atoms with E-state index >= 15 is 0 Å². The van der Waals surface area contributed by atoms with Gasteiger partial charge in [-0.1, -0.05) is 17.8 Å². The fourth-order valence-electron chi connectivity index (χ4n) is 2.93. The summed E-state index contributed by atoms with van der Waals surface area (Å²) < 4.78 is 0.329. The van der Waals surface area contributed by atoms with Crippen LogP contribution < -0.4 is 0 Å². The first kappa shape index (κ1) is 13.3. The van der Waals surface area contributed by atoms with Crippen molar-refractivity contribution in [1.82, 2.24) is 20.0 Å². The summed E-state index contributed by atoms with van der Waals surface area (Å²) in [4.78, 5) is 16.7. The molecule has 2 aliphatic heterocycles. The molecule has 0 radical (unpaired) electrons. The van der Waals surface area contributed by atoms with Crippen molar-refractivity contribution in [3.05, 3.63) is 9.47 Å². The molecular weight excluding hydrogens is 284 g/mol. The van der Waals surface area contributed by atoms with Gasteiger partial charge in [-0.3, -0.25) is 9.69 Å². The third kappa shape index (κ3) is 2.90. The summed E-state index contributed by atoms with van der Waals surface area (Å²) in [6, 6.07) is 0.521. The van der Waals surface area contributed by atoms with Crippen LogP contribution in [0.2, 0.25) is 4.47 Å². The van der Waals surface area contributed by atoms with Gasteiger partial charge in [0.2, 0.25) is 9.47 Å². The Morgan fingerprint density at radius 3 is 2.68 bits per heavy atom. The number of likely N-dealkylation sites (tertiary alicyclic amines) is 2. The molecule has 1 aromatic rings.